The molecule has 0 bridgehead atoms. The van der Waals surface area contributed by atoms with Crippen LogP contribution in [0.4, 0.5) is 4.79 Å². The summed E-state index contributed by atoms with van der Waals surface area (Å²) in [5, 5.41) is 3.42. The Morgan fingerprint density at radius 1 is 0.895 bits per heavy atom. The normalized spacial score (nSPS) is 54.1. The van der Waals surface area contributed by atoms with E-state index in [0.29, 0.717) is 53.9 Å². The average Bonchev–Trinajstić information content (AvgIpc) is 3.36. The number of urea groups is 1. The molecule has 3 aliphatic heterocycles. The highest BCUT2D eigenvalue weighted by Gasteiger charge is 2.69. The molecular formula is C32H52N2O4. The number of amides is 2. The van der Waals surface area contributed by atoms with Crippen LogP contribution in [0.5, 0.6) is 0 Å². The van der Waals surface area contributed by atoms with E-state index in [1.54, 1.807) is 0 Å². The highest BCUT2D eigenvalue weighted by molar-refractivity contribution is 5.74. The highest BCUT2D eigenvalue weighted by Crippen LogP contribution is 2.71. The summed E-state index contributed by atoms with van der Waals surface area (Å²) in [7, 11) is 0. The zero-order valence-corrected chi connectivity index (χ0v) is 24.4. The van der Waals surface area contributed by atoms with Crippen LogP contribution in [0.1, 0.15) is 91.9 Å². The lowest BCUT2D eigenvalue weighted by Crippen LogP contribution is -2.57. The molecule has 214 valence electrons. The van der Waals surface area contributed by atoms with Crippen LogP contribution >= 0.6 is 0 Å². The Kier molecular flexibility index (Phi) is 6.41. The van der Waals surface area contributed by atoms with E-state index >= 15 is 0 Å². The van der Waals surface area contributed by atoms with Crippen molar-refractivity contribution in [2.45, 2.75) is 110 Å². The van der Waals surface area contributed by atoms with E-state index in [1.165, 1.54) is 51.4 Å². The van der Waals surface area contributed by atoms with Crippen molar-refractivity contribution >= 4 is 6.03 Å². The lowest BCUT2D eigenvalue weighted by Gasteiger charge is -2.61. The number of carbonyl (C=O) groups excluding carboxylic acids is 1. The van der Waals surface area contributed by atoms with Crippen molar-refractivity contribution in [3.63, 3.8) is 0 Å². The molecule has 3 heterocycles. The summed E-state index contributed by atoms with van der Waals surface area (Å²) >= 11 is 0. The number of nitrogens with one attached hydrogen (secondary N) is 1. The number of rotatable bonds is 1. The lowest BCUT2D eigenvalue weighted by molar-refractivity contribution is -0.273. The van der Waals surface area contributed by atoms with Crippen molar-refractivity contribution in [2.24, 2.45) is 52.3 Å². The Balaban J connectivity index is 1.03. The van der Waals surface area contributed by atoms with Gasteiger partial charge in [0.1, 0.15) is 0 Å². The third-order valence-electron chi connectivity index (χ3n) is 13.6. The third-order valence-corrected chi connectivity index (χ3v) is 13.6. The maximum atomic E-state index is 12.9. The van der Waals surface area contributed by atoms with E-state index < -0.39 is 0 Å². The van der Waals surface area contributed by atoms with Crippen LogP contribution in [0.2, 0.25) is 0 Å². The van der Waals surface area contributed by atoms with E-state index in [4.69, 9.17) is 14.2 Å². The quantitative estimate of drug-likeness (QED) is 0.464. The molecule has 0 unspecified atom stereocenters. The topological polar surface area (TPSA) is 60.0 Å². The molecule has 7 rings (SSSR count). The number of hydrogen-bond acceptors (Lipinski definition) is 4. The summed E-state index contributed by atoms with van der Waals surface area (Å²) in [4.78, 5) is 14.8. The minimum atomic E-state index is -0.305. The SMILES string of the molecule is C[C@H]1CC[C@@]2(OC1)O[C@H]1C[C@H]3[C@@H]4CC[C@@H]5C[C@H](NC(=O)N6CCOCC6)CC[C@]5(C)[C@H]4CC[C@]3(C)[C@H]1[C@@H]2C. The van der Waals surface area contributed by atoms with E-state index in [1.807, 2.05) is 4.90 Å². The smallest absolute Gasteiger partial charge is 0.317 e. The third kappa shape index (κ3) is 3.85. The Labute approximate surface area is 230 Å². The van der Waals surface area contributed by atoms with Crippen LogP contribution in [-0.4, -0.2) is 61.8 Å². The molecule has 0 aromatic carbocycles. The standard InChI is InChI=1S/C32H52N2O4/c1-20-7-12-32(37-19-20)21(2)28-27(38-32)18-26-24-6-5-22-17-23(33-29(35)34-13-15-36-16-14-34)8-10-30(22,3)25(24)9-11-31(26,28)4/h20-28H,5-19H2,1-4H3,(H,33,35)/t20-,21-,22+,23+,24+,25-,26-,27-,28-,30-,31-,32+/m0/s1. The van der Waals surface area contributed by atoms with Crippen LogP contribution in [0.3, 0.4) is 0 Å². The number of nitrogens with zero attached hydrogens (tertiary/aromatic N) is 1. The van der Waals surface area contributed by atoms with Crippen LogP contribution in [0.25, 0.3) is 0 Å². The summed E-state index contributed by atoms with van der Waals surface area (Å²) in [5.41, 5.74) is 0.826. The van der Waals surface area contributed by atoms with Crippen molar-refractivity contribution in [1.29, 1.82) is 0 Å². The molecule has 4 aliphatic carbocycles. The van der Waals surface area contributed by atoms with Gasteiger partial charge in [-0.15, -0.1) is 0 Å². The summed E-state index contributed by atoms with van der Waals surface area (Å²) in [6, 6.07) is 0.466. The van der Waals surface area contributed by atoms with Gasteiger partial charge in [0.05, 0.1) is 25.9 Å². The number of morpholine rings is 1. The molecule has 0 radical (unpaired) electrons. The fourth-order valence-electron chi connectivity index (χ4n) is 11.4. The van der Waals surface area contributed by atoms with Crippen molar-refractivity contribution < 1.29 is 19.0 Å². The Morgan fingerprint density at radius 3 is 2.45 bits per heavy atom. The molecule has 6 nitrogen and oxygen atoms in total. The highest BCUT2D eigenvalue weighted by atomic mass is 16.7. The zero-order valence-electron chi connectivity index (χ0n) is 24.4. The van der Waals surface area contributed by atoms with Crippen LogP contribution in [0, 0.1) is 52.3 Å². The second-order valence-electron chi connectivity index (χ2n) is 15.2. The van der Waals surface area contributed by atoms with Crippen LogP contribution in [0.15, 0.2) is 0 Å². The number of fused-ring (bicyclic) bond motifs is 7. The first-order valence-electron chi connectivity index (χ1n) is 16.2. The lowest BCUT2D eigenvalue weighted by atomic mass is 9.44. The molecular weight excluding hydrogens is 476 g/mol. The van der Waals surface area contributed by atoms with Gasteiger partial charge in [-0.25, -0.2) is 4.79 Å². The molecule has 6 heteroatoms. The van der Waals surface area contributed by atoms with Gasteiger partial charge >= 0.3 is 6.03 Å². The number of hydrogen-bond donors (Lipinski definition) is 1. The van der Waals surface area contributed by atoms with Crippen molar-refractivity contribution in [1.82, 2.24) is 10.2 Å². The largest absolute Gasteiger partial charge is 0.378 e. The molecule has 4 saturated carbocycles. The van der Waals surface area contributed by atoms with E-state index in [2.05, 4.69) is 33.0 Å². The first-order chi connectivity index (χ1) is 18.2. The maximum absolute atomic E-state index is 12.9. The predicted molar refractivity (Wildman–Crippen MR) is 146 cm³/mol. The Hall–Kier alpha value is -0.850. The van der Waals surface area contributed by atoms with E-state index in [-0.39, 0.29) is 11.8 Å². The van der Waals surface area contributed by atoms with Gasteiger partial charge in [-0.3, -0.25) is 0 Å². The average molecular weight is 529 g/mol. The monoisotopic (exact) mass is 528 g/mol. The predicted octanol–water partition coefficient (Wildman–Crippen LogP) is 5.84. The van der Waals surface area contributed by atoms with Crippen molar-refractivity contribution in [2.75, 3.05) is 32.9 Å². The van der Waals surface area contributed by atoms with Gasteiger partial charge in [-0.1, -0.05) is 27.7 Å². The van der Waals surface area contributed by atoms with Gasteiger partial charge in [0.25, 0.3) is 0 Å². The van der Waals surface area contributed by atoms with Gasteiger partial charge in [-0.05, 0) is 104 Å². The van der Waals surface area contributed by atoms with Crippen LogP contribution < -0.4 is 5.32 Å². The summed E-state index contributed by atoms with van der Waals surface area (Å²) in [6.45, 7) is 13.7. The minimum absolute atomic E-state index is 0.129. The minimum Gasteiger partial charge on any atom is -0.378 e. The fraction of sp³-hybridized carbons (Fsp3) is 0.969. The molecule has 12 atom stereocenters. The number of carbonyl (C=O) groups is 1. The number of ether oxygens (including phenoxy) is 3. The maximum Gasteiger partial charge on any atom is 0.317 e. The van der Waals surface area contributed by atoms with Gasteiger partial charge in [-0.2, -0.15) is 0 Å². The van der Waals surface area contributed by atoms with Gasteiger partial charge in [0, 0.05) is 31.5 Å². The second-order valence-corrected chi connectivity index (χ2v) is 15.2. The zero-order chi connectivity index (χ0) is 26.3. The van der Waals surface area contributed by atoms with Crippen molar-refractivity contribution in [3.8, 4) is 0 Å². The molecule has 38 heavy (non-hydrogen) atoms. The fourth-order valence-corrected chi connectivity index (χ4v) is 11.4. The molecule has 1 spiro atoms. The van der Waals surface area contributed by atoms with Gasteiger partial charge < -0.3 is 24.4 Å². The molecule has 0 aromatic heterocycles. The molecule has 3 saturated heterocycles. The first-order valence-corrected chi connectivity index (χ1v) is 16.2. The van der Waals surface area contributed by atoms with Gasteiger partial charge in [0.15, 0.2) is 5.79 Å². The molecule has 2 amide bonds. The Bertz CT molecular complexity index is 913. The van der Waals surface area contributed by atoms with E-state index in [0.717, 1.165) is 56.2 Å². The molecule has 1 N–H and O–H groups in total. The molecule has 0 aromatic rings. The summed E-state index contributed by atoms with van der Waals surface area (Å²) in [5.74, 6) is 4.74. The molecule has 7 fully saturated rings. The first kappa shape index (κ1) is 26.1. The summed E-state index contributed by atoms with van der Waals surface area (Å²) in [6.07, 6.45) is 13.0. The Morgan fingerprint density at radius 2 is 1.68 bits per heavy atom. The second kappa shape index (κ2) is 9.34. The molecule has 7 aliphatic rings. The van der Waals surface area contributed by atoms with Crippen LogP contribution in [-0.2, 0) is 14.2 Å². The van der Waals surface area contributed by atoms with Gasteiger partial charge in [0.2, 0.25) is 0 Å². The van der Waals surface area contributed by atoms with Crippen molar-refractivity contribution in [3.05, 3.63) is 0 Å². The van der Waals surface area contributed by atoms with E-state index in [9.17, 15) is 4.79 Å². The summed E-state index contributed by atoms with van der Waals surface area (Å²) < 4.78 is 18.9.